The summed E-state index contributed by atoms with van der Waals surface area (Å²) in [5.74, 6) is -0.305. The van der Waals surface area contributed by atoms with E-state index in [2.05, 4.69) is 5.32 Å². The van der Waals surface area contributed by atoms with E-state index in [9.17, 15) is 18.0 Å². The van der Waals surface area contributed by atoms with E-state index in [0.29, 0.717) is 18.0 Å². The fraction of sp³-hybridized carbons (Fsp3) is 0.259. The van der Waals surface area contributed by atoms with Gasteiger partial charge in [0.2, 0.25) is 11.8 Å². The minimum atomic E-state index is -4.11. The Kier molecular flexibility index (Phi) is 9.08. The van der Waals surface area contributed by atoms with Gasteiger partial charge in [-0.3, -0.25) is 13.9 Å². The summed E-state index contributed by atoms with van der Waals surface area (Å²) in [6.07, 6.45) is 0. The molecule has 0 aliphatic rings. The highest BCUT2D eigenvalue weighted by atomic mass is 32.2. The number of hydrogen-bond donors (Lipinski definition) is 1. The number of ether oxygens (including phenoxy) is 1. The first-order valence-corrected chi connectivity index (χ1v) is 13.1. The number of hydrogen-bond acceptors (Lipinski definition) is 5. The molecule has 0 aliphatic carbocycles. The van der Waals surface area contributed by atoms with Crippen LogP contribution in [0.1, 0.15) is 19.4 Å². The normalized spacial score (nSPS) is 11.9. The van der Waals surface area contributed by atoms with E-state index < -0.39 is 28.5 Å². The quantitative estimate of drug-likeness (QED) is 0.427. The molecule has 0 bridgehead atoms. The Hall–Kier alpha value is -3.85. The van der Waals surface area contributed by atoms with E-state index in [1.807, 2.05) is 37.3 Å². The van der Waals surface area contributed by atoms with Crippen LogP contribution in [0.2, 0.25) is 0 Å². The van der Waals surface area contributed by atoms with Crippen molar-refractivity contribution in [3.63, 3.8) is 0 Å². The van der Waals surface area contributed by atoms with E-state index in [4.69, 9.17) is 4.74 Å². The van der Waals surface area contributed by atoms with Crippen molar-refractivity contribution in [2.45, 2.75) is 31.3 Å². The lowest BCUT2D eigenvalue weighted by atomic mass is 10.1. The number of nitrogens with one attached hydrogen (secondary N) is 1. The summed E-state index contributed by atoms with van der Waals surface area (Å²) in [6, 6.07) is 22.9. The van der Waals surface area contributed by atoms with Gasteiger partial charge in [-0.1, -0.05) is 48.5 Å². The van der Waals surface area contributed by atoms with Crippen LogP contribution in [0.15, 0.2) is 89.8 Å². The van der Waals surface area contributed by atoms with Crippen LogP contribution in [0, 0.1) is 0 Å². The fourth-order valence-electron chi connectivity index (χ4n) is 3.70. The van der Waals surface area contributed by atoms with Crippen LogP contribution in [-0.4, -0.2) is 51.4 Å². The van der Waals surface area contributed by atoms with E-state index in [1.54, 1.807) is 49.4 Å². The number of amides is 2. The lowest BCUT2D eigenvalue weighted by Crippen LogP contribution is -2.50. The maximum absolute atomic E-state index is 13.7. The number of nitrogens with zero attached hydrogens (tertiary/aromatic N) is 2. The zero-order valence-corrected chi connectivity index (χ0v) is 21.4. The van der Waals surface area contributed by atoms with Gasteiger partial charge >= 0.3 is 0 Å². The summed E-state index contributed by atoms with van der Waals surface area (Å²) in [6.45, 7) is 3.59. The molecule has 0 aliphatic heterocycles. The van der Waals surface area contributed by atoms with Crippen molar-refractivity contribution >= 4 is 27.5 Å². The van der Waals surface area contributed by atoms with Gasteiger partial charge in [-0.25, -0.2) is 8.42 Å². The van der Waals surface area contributed by atoms with Crippen molar-refractivity contribution in [1.82, 2.24) is 10.2 Å². The van der Waals surface area contributed by atoms with Gasteiger partial charge in [0.15, 0.2) is 0 Å². The molecular formula is C27H31N3O5S. The van der Waals surface area contributed by atoms with Crippen molar-refractivity contribution in [3.05, 3.63) is 90.5 Å². The fourth-order valence-corrected chi connectivity index (χ4v) is 5.11. The zero-order valence-electron chi connectivity index (χ0n) is 20.6. The lowest BCUT2D eigenvalue weighted by molar-refractivity contribution is -0.139. The average molecular weight is 510 g/mol. The Labute approximate surface area is 212 Å². The van der Waals surface area contributed by atoms with Gasteiger partial charge in [0.25, 0.3) is 10.0 Å². The number of likely N-dealkylation sites (N-methyl/N-ethyl adjacent to an activating group) is 1. The van der Waals surface area contributed by atoms with Gasteiger partial charge in [0.05, 0.1) is 17.2 Å². The highest BCUT2D eigenvalue weighted by molar-refractivity contribution is 7.92. The van der Waals surface area contributed by atoms with Crippen LogP contribution < -0.4 is 14.4 Å². The highest BCUT2D eigenvalue weighted by Crippen LogP contribution is 2.26. The van der Waals surface area contributed by atoms with Crippen molar-refractivity contribution in [1.29, 1.82) is 0 Å². The average Bonchev–Trinajstić information content (AvgIpc) is 2.91. The number of carbonyl (C=O) groups is 2. The molecule has 2 amide bonds. The van der Waals surface area contributed by atoms with Gasteiger partial charge in [-0.15, -0.1) is 0 Å². The lowest BCUT2D eigenvalue weighted by Gasteiger charge is -2.31. The molecular weight excluding hydrogens is 478 g/mol. The van der Waals surface area contributed by atoms with Gasteiger partial charge in [-0.2, -0.15) is 0 Å². The molecule has 0 fully saturated rings. The van der Waals surface area contributed by atoms with Crippen LogP contribution in [0.5, 0.6) is 5.75 Å². The molecule has 0 spiro atoms. The van der Waals surface area contributed by atoms with Crippen LogP contribution in [-0.2, 0) is 26.2 Å². The molecule has 0 heterocycles. The molecule has 0 unspecified atom stereocenters. The number of sulfonamides is 1. The van der Waals surface area contributed by atoms with Crippen LogP contribution in [0.3, 0.4) is 0 Å². The third kappa shape index (κ3) is 6.42. The summed E-state index contributed by atoms with van der Waals surface area (Å²) in [7, 11) is -2.61. The van der Waals surface area contributed by atoms with Gasteiger partial charge in [0, 0.05) is 13.6 Å². The first-order chi connectivity index (χ1) is 17.3. The molecule has 36 heavy (non-hydrogen) atoms. The largest absolute Gasteiger partial charge is 0.494 e. The standard InChI is InChI=1S/C27H31N3O5S/c1-4-35-24-15-17-25(18-16-24)36(33,34)30(23-13-9-6-10-14-23)20-26(31)29(21(2)27(32)28-3)19-22-11-7-5-8-12-22/h5-18,21H,4,19-20H2,1-3H3,(H,28,32)/t21-/m1/s1. The highest BCUT2D eigenvalue weighted by Gasteiger charge is 2.32. The minimum absolute atomic E-state index is 0.0246. The Balaban J connectivity index is 1.98. The maximum atomic E-state index is 13.7. The molecule has 9 heteroatoms. The molecule has 3 aromatic carbocycles. The first kappa shape index (κ1) is 26.7. The minimum Gasteiger partial charge on any atom is -0.494 e. The molecule has 190 valence electrons. The zero-order chi connectivity index (χ0) is 26.1. The summed E-state index contributed by atoms with van der Waals surface area (Å²) in [5, 5.41) is 2.57. The van der Waals surface area contributed by atoms with Crippen LogP contribution >= 0.6 is 0 Å². The third-order valence-electron chi connectivity index (χ3n) is 5.66. The molecule has 1 atom stereocenters. The molecule has 0 saturated heterocycles. The van der Waals surface area contributed by atoms with Crippen molar-refractivity contribution in [2.24, 2.45) is 0 Å². The monoisotopic (exact) mass is 509 g/mol. The van der Waals surface area contributed by atoms with Crippen molar-refractivity contribution in [2.75, 3.05) is 24.5 Å². The van der Waals surface area contributed by atoms with E-state index in [1.165, 1.54) is 24.1 Å². The van der Waals surface area contributed by atoms with E-state index in [-0.39, 0.29) is 17.3 Å². The summed E-state index contributed by atoms with van der Waals surface area (Å²) < 4.78 is 33.9. The number of benzene rings is 3. The van der Waals surface area contributed by atoms with Gasteiger partial charge in [0.1, 0.15) is 18.3 Å². The number of carbonyl (C=O) groups excluding carboxylic acids is 2. The van der Waals surface area contributed by atoms with Crippen LogP contribution in [0.4, 0.5) is 5.69 Å². The number of para-hydroxylation sites is 1. The molecule has 3 rings (SSSR count). The third-order valence-corrected chi connectivity index (χ3v) is 7.44. The van der Waals surface area contributed by atoms with E-state index >= 15 is 0 Å². The van der Waals surface area contributed by atoms with Gasteiger partial charge in [-0.05, 0) is 55.8 Å². The van der Waals surface area contributed by atoms with Crippen LogP contribution in [0.25, 0.3) is 0 Å². The van der Waals surface area contributed by atoms with Crippen molar-refractivity contribution < 1.29 is 22.7 Å². The van der Waals surface area contributed by atoms with Crippen molar-refractivity contribution in [3.8, 4) is 5.75 Å². The predicted octanol–water partition coefficient (Wildman–Crippen LogP) is 3.44. The molecule has 3 aromatic rings. The first-order valence-electron chi connectivity index (χ1n) is 11.6. The second-order valence-corrected chi connectivity index (χ2v) is 9.91. The molecule has 0 radical (unpaired) electrons. The summed E-state index contributed by atoms with van der Waals surface area (Å²) in [5.41, 5.74) is 1.16. The Morgan fingerprint density at radius 2 is 1.50 bits per heavy atom. The predicted molar refractivity (Wildman–Crippen MR) is 139 cm³/mol. The molecule has 0 saturated carbocycles. The number of anilines is 1. The van der Waals surface area contributed by atoms with E-state index in [0.717, 1.165) is 9.87 Å². The summed E-state index contributed by atoms with van der Waals surface area (Å²) >= 11 is 0. The Bertz CT molecular complexity index is 1250. The Morgan fingerprint density at radius 3 is 2.06 bits per heavy atom. The second-order valence-electron chi connectivity index (χ2n) is 8.05. The number of rotatable bonds is 11. The summed E-state index contributed by atoms with van der Waals surface area (Å²) in [4.78, 5) is 27.5. The maximum Gasteiger partial charge on any atom is 0.264 e. The SMILES string of the molecule is CCOc1ccc(S(=O)(=O)N(CC(=O)N(Cc2ccccc2)[C@H](C)C(=O)NC)c2ccccc2)cc1. The molecule has 0 aromatic heterocycles. The Morgan fingerprint density at radius 1 is 0.917 bits per heavy atom. The second kappa shape index (κ2) is 12.2. The molecule has 1 N–H and O–H groups in total. The topological polar surface area (TPSA) is 96.0 Å². The van der Waals surface area contributed by atoms with Gasteiger partial charge < -0.3 is 15.0 Å². The molecule has 8 nitrogen and oxygen atoms in total. The smallest absolute Gasteiger partial charge is 0.264 e.